The van der Waals surface area contributed by atoms with Crippen LogP contribution in [0, 0.1) is 5.92 Å². The van der Waals surface area contributed by atoms with Gasteiger partial charge in [0, 0.05) is 19.8 Å². The first-order valence-electron chi connectivity index (χ1n) is 5.43. The van der Waals surface area contributed by atoms with Crippen molar-refractivity contribution in [3.8, 4) is 0 Å². The van der Waals surface area contributed by atoms with E-state index < -0.39 is 0 Å². The lowest BCUT2D eigenvalue weighted by molar-refractivity contribution is 0.0782. The highest BCUT2D eigenvalue weighted by Crippen LogP contribution is 2.20. The van der Waals surface area contributed by atoms with Crippen molar-refractivity contribution in [2.45, 2.75) is 25.7 Å². The van der Waals surface area contributed by atoms with Gasteiger partial charge in [-0.1, -0.05) is 11.6 Å². The fourth-order valence-corrected chi connectivity index (χ4v) is 2.14. The standard InChI is InChI=1S/C11H19NO/c1-2-11(9-12-5-1)8-10-3-6-13-7-4-10/h8,10,12H,1-7,9H2. The average molecular weight is 181 g/mol. The van der Waals surface area contributed by atoms with Gasteiger partial charge in [0.2, 0.25) is 0 Å². The first kappa shape index (κ1) is 9.22. The van der Waals surface area contributed by atoms with Gasteiger partial charge in [0.25, 0.3) is 0 Å². The fraction of sp³-hybridized carbons (Fsp3) is 0.818. The Morgan fingerprint density at radius 2 is 2.15 bits per heavy atom. The highest BCUT2D eigenvalue weighted by Gasteiger charge is 2.13. The van der Waals surface area contributed by atoms with E-state index in [4.69, 9.17) is 4.74 Å². The minimum atomic E-state index is 0.795. The molecular formula is C11H19NO. The van der Waals surface area contributed by atoms with Gasteiger partial charge in [-0.05, 0) is 38.1 Å². The maximum atomic E-state index is 5.34. The van der Waals surface area contributed by atoms with Gasteiger partial charge >= 0.3 is 0 Å². The molecule has 2 heterocycles. The topological polar surface area (TPSA) is 21.3 Å². The van der Waals surface area contributed by atoms with Gasteiger partial charge in [-0.15, -0.1) is 0 Å². The molecule has 2 heteroatoms. The van der Waals surface area contributed by atoms with Crippen molar-refractivity contribution >= 4 is 0 Å². The average Bonchev–Trinajstić information content (AvgIpc) is 2.21. The third kappa shape index (κ3) is 2.82. The van der Waals surface area contributed by atoms with Crippen LogP contribution in [0.1, 0.15) is 25.7 Å². The van der Waals surface area contributed by atoms with E-state index in [0.717, 1.165) is 25.7 Å². The zero-order chi connectivity index (χ0) is 8.93. The van der Waals surface area contributed by atoms with E-state index in [9.17, 15) is 0 Å². The summed E-state index contributed by atoms with van der Waals surface area (Å²) in [5, 5.41) is 3.42. The molecule has 0 bridgehead atoms. The van der Waals surface area contributed by atoms with Crippen molar-refractivity contribution in [2.24, 2.45) is 5.92 Å². The summed E-state index contributed by atoms with van der Waals surface area (Å²) >= 11 is 0. The number of piperidine rings is 1. The lowest BCUT2D eigenvalue weighted by Crippen LogP contribution is -2.25. The molecule has 2 fully saturated rings. The van der Waals surface area contributed by atoms with E-state index in [1.807, 2.05) is 0 Å². The molecule has 0 atom stereocenters. The first-order valence-corrected chi connectivity index (χ1v) is 5.43. The Morgan fingerprint density at radius 3 is 2.85 bits per heavy atom. The molecule has 2 aliphatic rings. The highest BCUT2D eigenvalue weighted by atomic mass is 16.5. The van der Waals surface area contributed by atoms with Gasteiger partial charge < -0.3 is 10.1 Å². The molecule has 1 N–H and O–H groups in total. The van der Waals surface area contributed by atoms with E-state index in [1.165, 1.54) is 32.2 Å². The van der Waals surface area contributed by atoms with Crippen LogP contribution in [0.25, 0.3) is 0 Å². The minimum absolute atomic E-state index is 0.795. The molecule has 0 unspecified atom stereocenters. The molecule has 0 radical (unpaired) electrons. The number of hydrogen-bond acceptors (Lipinski definition) is 2. The molecule has 0 aliphatic carbocycles. The smallest absolute Gasteiger partial charge is 0.0471 e. The molecule has 0 aromatic carbocycles. The Kier molecular flexibility index (Phi) is 3.39. The van der Waals surface area contributed by atoms with E-state index in [2.05, 4.69) is 11.4 Å². The molecule has 2 nitrogen and oxygen atoms in total. The maximum Gasteiger partial charge on any atom is 0.0471 e. The van der Waals surface area contributed by atoms with Crippen LogP contribution in [0.5, 0.6) is 0 Å². The van der Waals surface area contributed by atoms with Crippen LogP contribution in [0.15, 0.2) is 11.6 Å². The number of hydrogen-bond donors (Lipinski definition) is 1. The molecule has 0 aromatic rings. The highest BCUT2D eigenvalue weighted by molar-refractivity contribution is 5.08. The first-order chi connectivity index (χ1) is 6.45. The van der Waals surface area contributed by atoms with Gasteiger partial charge in [0.15, 0.2) is 0 Å². The van der Waals surface area contributed by atoms with Crippen LogP contribution in [0.3, 0.4) is 0 Å². The number of nitrogens with one attached hydrogen (secondary N) is 1. The minimum Gasteiger partial charge on any atom is -0.381 e. The second-order valence-electron chi connectivity index (χ2n) is 4.06. The van der Waals surface area contributed by atoms with Crippen LogP contribution < -0.4 is 5.32 Å². The van der Waals surface area contributed by atoms with Crippen LogP contribution >= 0.6 is 0 Å². The number of allylic oxidation sites excluding steroid dienone is 1. The zero-order valence-electron chi connectivity index (χ0n) is 8.22. The fourth-order valence-electron chi connectivity index (χ4n) is 2.14. The van der Waals surface area contributed by atoms with E-state index in [0.29, 0.717) is 0 Å². The van der Waals surface area contributed by atoms with Gasteiger partial charge in [0.05, 0.1) is 0 Å². The summed E-state index contributed by atoms with van der Waals surface area (Å²) in [6.07, 6.45) is 7.57. The lowest BCUT2D eigenvalue weighted by atomic mass is 9.94. The monoisotopic (exact) mass is 181 g/mol. The van der Waals surface area contributed by atoms with Gasteiger partial charge in [-0.3, -0.25) is 0 Å². The van der Waals surface area contributed by atoms with Crippen molar-refractivity contribution in [2.75, 3.05) is 26.3 Å². The van der Waals surface area contributed by atoms with Crippen LogP contribution in [-0.2, 0) is 4.74 Å². The summed E-state index contributed by atoms with van der Waals surface area (Å²) in [4.78, 5) is 0. The summed E-state index contributed by atoms with van der Waals surface area (Å²) in [6.45, 7) is 4.24. The zero-order valence-corrected chi connectivity index (χ0v) is 8.22. The second-order valence-corrected chi connectivity index (χ2v) is 4.06. The van der Waals surface area contributed by atoms with Crippen LogP contribution in [-0.4, -0.2) is 26.3 Å². The maximum absolute atomic E-state index is 5.34. The molecular weight excluding hydrogens is 162 g/mol. The summed E-state index contributed by atoms with van der Waals surface area (Å²) < 4.78 is 5.34. The Labute approximate surface area is 80.4 Å². The van der Waals surface area contributed by atoms with E-state index in [1.54, 1.807) is 5.57 Å². The van der Waals surface area contributed by atoms with Crippen molar-refractivity contribution in [1.82, 2.24) is 5.32 Å². The van der Waals surface area contributed by atoms with Crippen molar-refractivity contribution in [1.29, 1.82) is 0 Å². The van der Waals surface area contributed by atoms with Gasteiger partial charge in [-0.2, -0.15) is 0 Å². The van der Waals surface area contributed by atoms with E-state index >= 15 is 0 Å². The van der Waals surface area contributed by atoms with Crippen molar-refractivity contribution in [3.05, 3.63) is 11.6 Å². The number of ether oxygens (including phenoxy) is 1. The molecule has 0 spiro atoms. The van der Waals surface area contributed by atoms with Gasteiger partial charge in [0.1, 0.15) is 0 Å². The Bertz CT molecular complexity index is 175. The van der Waals surface area contributed by atoms with Crippen molar-refractivity contribution < 1.29 is 4.74 Å². The molecule has 13 heavy (non-hydrogen) atoms. The van der Waals surface area contributed by atoms with Gasteiger partial charge in [-0.25, -0.2) is 0 Å². The molecule has 0 amide bonds. The Hall–Kier alpha value is -0.340. The quantitative estimate of drug-likeness (QED) is 0.622. The van der Waals surface area contributed by atoms with Crippen LogP contribution in [0.4, 0.5) is 0 Å². The molecule has 0 saturated carbocycles. The molecule has 2 saturated heterocycles. The Morgan fingerprint density at radius 1 is 1.31 bits per heavy atom. The predicted molar refractivity (Wildman–Crippen MR) is 53.7 cm³/mol. The molecule has 2 aliphatic heterocycles. The molecule has 74 valence electrons. The predicted octanol–water partition coefficient (Wildman–Crippen LogP) is 1.72. The third-order valence-corrected chi connectivity index (χ3v) is 2.94. The van der Waals surface area contributed by atoms with Crippen molar-refractivity contribution in [3.63, 3.8) is 0 Å². The summed E-state index contributed by atoms with van der Waals surface area (Å²) in [5.41, 5.74) is 1.62. The summed E-state index contributed by atoms with van der Waals surface area (Å²) in [6, 6.07) is 0. The SMILES string of the molecule is C(=C1CCCNC1)C1CCOCC1. The second kappa shape index (κ2) is 4.77. The number of rotatable bonds is 1. The summed E-state index contributed by atoms with van der Waals surface area (Å²) in [5.74, 6) is 0.795. The molecule has 0 aromatic heterocycles. The normalized spacial score (nSPS) is 29.4. The van der Waals surface area contributed by atoms with Crippen LogP contribution in [0.2, 0.25) is 0 Å². The van der Waals surface area contributed by atoms with E-state index in [-0.39, 0.29) is 0 Å². The Balaban J connectivity index is 1.85. The third-order valence-electron chi connectivity index (χ3n) is 2.94. The summed E-state index contributed by atoms with van der Waals surface area (Å²) in [7, 11) is 0. The largest absolute Gasteiger partial charge is 0.381 e. The lowest BCUT2D eigenvalue weighted by Gasteiger charge is -2.22. The molecule has 2 rings (SSSR count).